The molecule has 4 aromatic carbocycles. The molecule has 6 aromatic rings. The van der Waals surface area contributed by atoms with Crippen molar-refractivity contribution >= 4 is 51.3 Å². The molecule has 5 N–H and O–H groups in total. The van der Waals surface area contributed by atoms with E-state index < -0.39 is 11.7 Å². The molecule has 11 nitrogen and oxygen atoms in total. The van der Waals surface area contributed by atoms with Crippen molar-refractivity contribution in [3.8, 4) is 17.3 Å². The molecule has 0 radical (unpaired) electrons. The Labute approximate surface area is 251 Å². The second-order valence-corrected chi connectivity index (χ2v) is 10.7. The molecule has 0 aliphatic heterocycles. The lowest BCUT2D eigenvalue weighted by molar-refractivity contribution is 0.104. The Morgan fingerprint density at radius 3 is 2.23 bits per heavy atom. The minimum Gasteiger partial charge on any atom is -0.479 e. The summed E-state index contributed by atoms with van der Waals surface area (Å²) in [5, 5.41) is 20.5. The first-order valence-electron chi connectivity index (χ1n) is 13.9. The molecule has 216 valence electrons. The number of hydrogen-bond acceptors (Lipinski definition) is 10. The molecule has 0 spiro atoms. The Bertz CT molecular complexity index is 2210. The number of anilines is 6. The fourth-order valence-corrected chi connectivity index (χ4v) is 5.43. The van der Waals surface area contributed by atoms with E-state index in [0.717, 1.165) is 28.1 Å². The fourth-order valence-electron chi connectivity index (χ4n) is 5.43. The lowest BCUT2D eigenvalue weighted by atomic mass is 9.86. The minimum absolute atomic E-state index is 0.147. The maximum atomic E-state index is 13.7. The maximum Gasteiger partial charge on any atom is 0.345 e. The standard InChI is InChI=1S/C33H26N8O3/c1-16-8-9-17(2)25(14-16)36-31-39-30(40-33(44)41-31)34-19-10-11-22(18(3)15-19)35-24-13-12-23-26-27(24)29(42)21-7-5-4-6-20(21)28(26)38-32(43)37-23/h4-15,35H,1-3H3,(H,37,38,43)(H3,34,36,39,40,41,44). The highest BCUT2D eigenvalue weighted by atomic mass is 16.3. The van der Waals surface area contributed by atoms with Crippen LogP contribution in [-0.2, 0) is 0 Å². The molecular weight excluding hydrogens is 556 g/mol. The number of aryl methyl sites for hydroxylation is 3. The van der Waals surface area contributed by atoms with Gasteiger partial charge in [-0.2, -0.15) is 19.9 Å². The van der Waals surface area contributed by atoms with Crippen LogP contribution in [0.2, 0.25) is 0 Å². The minimum atomic E-state index is -0.470. The van der Waals surface area contributed by atoms with Gasteiger partial charge in [0, 0.05) is 33.6 Å². The monoisotopic (exact) mass is 582 g/mol. The highest BCUT2D eigenvalue weighted by Crippen LogP contribution is 2.41. The maximum absolute atomic E-state index is 13.7. The summed E-state index contributed by atoms with van der Waals surface area (Å²) in [6.45, 7) is 5.89. The Morgan fingerprint density at radius 2 is 1.43 bits per heavy atom. The van der Waals surface area contributed by atoms with Crippen LogP contribution in [0.15, 0.2) is 77.6 Å². The summed E-state index contributed by atoms with van der Waals surface area (Å²) in [4.78, 5) is 45.5. The van der Waals surface area contributed by atoms with Crippen molar-refractivity contribution in [3.63, 3.8) is 0 Å². The van der Waals surface area contributed by atoms with Crippen molar-refractivity contribution in [2.24, 2.45) is 0 Å². The molecule has 1 aliphatic carbocycles. The molecule has 7 rings (SSSR count). The van der Waals surface area contributed by atoms with Crippen molar-refractivity contribution in [1.82, 2.24) is 24.9 Å². The van der Waals surface area contributed by atoms with Gasteiger partial charge in [0.1, 0.15) is 0 Å². The van der Waals surface area contributed by atoms with Gasteiger partial charge < -0.3 is 26.0 Å². The quantitative estimate of drug-likeness (QED) is 0.153. The van der Waals surface area contributed by atoms with Crippen LogP contribution in [0.3, 0.4) is 0 Å². The van der Waals surface area contributed by atoms with Crippen LogP contribution in [0.1, 0.15) is 32.6 Å². The number of carbonyl (C=O) groups is 1. The number of nitrogens with one attached hydrogen (secondary N) is 4. The normalized spacial score (nSPS) is 11.8. The van der Waals surface area contributed by atoms with Crippen LogP contribution < -0.4 is 21.6 Å². The fraction of sp³-hybridized carbons (Fsp3) is 0.0909. The summed E-state index contributed by atoms with van der Waals surface area (Å²) < 4.78 is 0. The summed E-state index contributed by atoms with van der Waals surface area (Å²) in [5.74, 6) is 0.226. The molecule has 0 bridgehead atoms. The molecule has 0 saturated heterocycles. The van der Waals surface area contributed by atoms with Gasteiger partial charge in [-0.15, -0.1) is 0 Å². The highest BCUT2D eigenvalue weighted by molar-refractivity contribution is 6.27. The third-order valence-electron chi connectivity index (χ3n) is 7.57. The van der Waals surface area contributed by atoms with Gasteiger partial charge in [-0.1, -0.05) is 36.4 Å². The number of rotatable bonds is 6. The molecule has 2 heterocycles. The number of fused-ring (bicyclic) bond motifs is 2. The molecule has 44 heavy (non-hydrogen) atoms. The number of benzene rings is 4. The van der Waals surface area contributed by atoms with Crippen LogP contribution >= 0.6 is 0 Å². The molecular formula is C33H26N8O3. The molecule has 11 heteroatoms. The number of ketones is 1. The number of carbonyl (C=O) groups excluding carboxylic acids is 1. The molecule has 1 aliphatic rings. The van der Waals surface area contributed by atoms with Crippen LogP contribution in [0.5, 0.6) is 6.01 Å². The number of hydrogen-bond donors (Lipinski definition) is 5. The lowest BCUT2D eigenvalue weighted by Gasteiger charge is -2.22. The molecule has 0 fully saturated rings. The van der Waals surface area contributed by atoms with Gasteiger partial charge in [-0.25, -0.2) is 4.79 Å². The zero-order valence-electron chi connectivity index (χ0n) is 24.0. The van der Waals surface area contributed by atoms with Crippen LogP contribution in [0.4, 0.5) is 34.6 Å². The molecule has 0 amide bonds. The van der Waals surface area contributed by atoms with E-state index in [2.05, 4.69) is 40.9 Å². The van der Waals surface area contributed by atoms with E-state index in [1.807, 2.05) is 69.3 Å². The van der Waals surface area contributed by atoms with Crippen molar-refractivity contribution in [2.45, 2.75) is 20.8 Å². The van der Waals surface area contributed by atoms with E-state index in [1.165, 1.54) is 0 Å². The second kappa shape index (κ2) is 10.3. The van der Waals surface area contributed by atoms with Crippen LogP contribution in [-0.4, -0.2) is 35.8 Å². The van der Waals surface area contributed by atoms with Gasteiger partial charge in [-0.05, 0) is 73.9 Å². The van der Waals surface area contributed by atoms with Gasteiger partial charge in [-0.3, -0.25) is 4.79 Å². The first-order chi connectivity index (χ1) is 21.2. The predicted molar refractivity (Wildman–Crippen MR) is 170 cm³/mol. The van der Waals surface area contributed by atoms with Gasteiger partial charge in [0.25, 0.3) is 0 Å². The topological polar surface area (TPSA) is 158 Å². The Hall–Kier alpha value is -6.10. The average Bonchev–Trinajstić information content (AvgIpc) is 2.99. The second-order valence-electron chi connectivity index (χ2n) is 10.7. The number of aromatic hydroxyl groups is 1. The molecule has 0 saturated carbocycles. The number of nitrogens with zero attached hydrogens (tertiary/aromatic N) is 4. The third-order valence-corrected chi connectivity index (χ3v) is 7.57. The van der Waals surface area contributed by atoms with E-state index in [1.54, 1.807) is 24.3 Å². The van der Waals surface area contributed by atoms with E-state index >= 15 is 0 Å². The summed E-state index contributed by atoms with van der Waals surface area (Å²) in [6, 6.07) is 21.9. The number of aromatic amines is 1. The van der Waals surface area contributed by atoms with Crippen molar-refractivity contribution in [2.75, 3.05) is 16.0 Å². The molecule has 0 atom stereocenters. The number of aromatic nitrogens is 5. The van der Waals surface area contributed by atoms with E-state index in [0.29, 0.717) is 44.7 Å². The summed E-state index contributed by atoms with van der Waals surface area (Å²) in [6.07, 6.45) is 0. The van der Waals surface area contributed by atoms with Gasteiger partial charge in [0.2, 0.25) is 11.9 Å². The Kier molecular flexibility index (Phi) is 6.28. The largest absolute Gasteiger partial charge is 0.479 e. The Balaban J connectivity index is 1.19. The zero-order valence-corrected chi connectivity index (χ0v) is 24.0. The lowest BCUT2D eigenvalue weighted by Crippen LogP contribution is -2.19. The smallest absolute Gasteiger partial charge is 0.345 e. The number of H-pyrrole nitrogens is 1. The summed E-state index contributed by atoms with van der Waals surface area (Å²) in [5.41, 5.74) is 8.00. The van der Waals surface area contributed by atoms with Gasteiger partial charge in [0.05, 0.1) is 22.5 Å². The van der Waals surface area contributed by atoms with Gasteiger partial charge in [0.15, 0.2) is 5.78 Å². The predicted octanol–water partition coefficient (Wildman–Crippen LogP) is 6.18. The highest BCUT2D eigenvalue weighted by Gasteiger charge is 2.29. The van der Waals surface area contributed by atoms with Gasteiger partial charge >= 0.3 is 11.7 Å². The van der Waals surface area contributed by atoms with Crippen LogP contribution in [0, 0.1) is 20.8 Å². The van der Waals surface area contributed by atoms with Crippen molar-refractivity contribution < 1.29 is 9.90 Å². The van der Waals surface area contributed by atoms with Crippen LogP contribution in [0.25, 0.3) is 22.2 Å². The Morgan fingerprint density at radius 1 is 0.682 bits per heavy atom. The third kappa shape index (κ3) is 4.75. The van der Waals surface area contributed by atoms with Crippen molar-refractivity contribution in [1.29, 1.82) is 0 Å². The SMILES string of the molecule is Cc1ccc(C)c(Nc2nc(O)nc(Nc3ccc(Nc4ccc5[nH]c(=O)nc6c5c4C(=O)c4ccccc4-6)c(C)c3)n2)c1. The first-order valence-corrected chi connectivity index (χ1v) is 13.9. The van der Waals surface area contributed by atoms with Crippen molar-refractivity contribution in [3.05, 3.63) is 111 Å². The summed E-state index contributed by atoms with van der Waals surface area (Å²) >= 11 is 0. The van der Waals surface area contributed by atoms with E-state index in [4.69, 9.17) is 0 Å². The van der Waals surface area contributed by atoms with E-state index in [-0.39, 0.29) is 17.7 Å². The van der Waals surface area contributed by atoms with E-state index in [9.17, 15) is 14.7 Å². The zero-order chi connectivity index (χ0) is 30.5. The summed E-state index contributed by atoms with van der Waals surface area (Å²) in [7, 11) is 0. The average molecular weight is 583 g/mol. The molecule has 2 aromatic heterocycles. The molecule has 0 unspecified atom stereocenters. The first kappa shape index (κ1) is 26.8.